The van der Waals surface area contributed by atoms with Crippen molar-refractivity contribution in [3.8, 4) is 0 Å². The molecule has 0 aliphatic carbocycles. The summed E-state index contributed by atoms with van der Waals surface area (Å²) in [5.41, 5.74) is 2.17. The lowest BCUT2D eigenvalue weighted by molar-refractivity contribution is 0.661. The van der Waals surface area contributed by atoms with Gasteiger partial charge in [0.2, 0.25) is 5.95 Å². The fourth-order valence-electron chi connectivity index (χ4n) is 2.50. The molecule has 1 N–H and O–H groups in total. The number of nitrogens with zero attached hydrogens (tertiary/aromatic N) is 3. The molecule has 1 aromatic heterocycles. The fraction of sp³-hybridized carbons (Fsp3) is 0.200. The lowest BCUT2D eigenvalue weighted by atomic mass is 10.2. The summed E-state index contributed by atoms with van der Waals surface area (Å²) in [6, 6.07) is 20.0. The van der Waals surface area contributed by atoms with Gasteiger partial charge in [0.1, 0.15) is 5.82 Å². The maximum atomic E-state index is 5.93. The minimum Gasteiger partial charge on any atom is -0.340 e. The van der Waals surface area contributed by atoms with Crippen molar-refractivity contribution in [2.24, 2.45) is 0 Å². The highest BCUT2D eigenvalue weighted by Crippen LogP contribution is 2.21. The molecule has 0 amide bonds. The highest BCUT2D eigenvalue weighted by molar-refractivity contribution is 6.30. The highest BCUT2D eigenvalue weighted by Gasteiger charge is 2.14. The fourth-order valence-corrected chi connectivity index (χ4v) is 2.63. The Morgan fingerprint density at radius 3 is 2.40 bits per heavy atom. The maximum Gasteiger partial charge on any atom is 0.227 e. The Morgan fingerprint density at radius 1 is 1.00 bits per heavy atom. The van der Waals surface area contributed by atoms with Crippen molar-refractivity contribution in [3.63, 3.8) is 0 Å². The first kappa shape index (κ1) is 17.2. The third-order valence-corrected chi connectivity index (χ3v) is 4.09. The van der Waals surface area contributed by atoms with E-state index in [-0.39, 0.29) is 6.04 Å². The lowest BCUT2D eigenvalue weighted by Crippen LogP contribution is -2.31. The van der Waals surface area contributed by atoms with Crippen molar-refractivity contribution in [2.75, 3.05) is 10.2 Å². The van der Waals surface area contributed by atoms with Crippen LogP contribution < -0.4 is 10.2 Å². The van der Waals surface area contributed by atoms with E-state index in [9.17, 15) is 0 Å². The molecular formula is C20H21ClN4. The molecule has 0 aliphatic rings. The van der Waals surface area contributed by atoms with Gasteiger partial charge in [-0.25, -0.2) is 4.98 Å². The number of anilines is 3. The second-order valence-corrected chi connectivity index (χ2v) is 6.52. The van der Waals surface area contributed by atoms with Crippen LogP contribution in [0.5, 0.6) is 0 Å². The van der Waals surface area contributed by atoms with Gasteiger partial charge in [0, 0.05) is 29.5 Å². The molecule has 0 saturated carbocycles. The molecule has 5 heteroatoms. The van der Waals surface area contributed by atoms with Gasteiger partial charge in [0.25, 0.3) is 0 Å². The van der Waals surface area contributed by atoms with E-state index in [1.165, 1.54) is 5.56 Å². The van der Waals surface area contributed by atoms with Gasteiger partial charge in [-0.2, -0.15) is 4.98 Å². The van der Waals surface area contributed by atoms with Gasteiger partial charge in [-0.3, -0.25) is 0 Å². The molecule has 0 bridgehead atoms. The van der Waals surface area contributed by atoms with E-state index in [0.717, 1.165) is 18.1 Å². The van der Waals surface area contributed by atoms with Crippen molar-refractivity contribution >= 4 is 29.1 Å². The zero-order valence-corrected chi connectivity index (χ0v) is 15.1. The van der Waals surface area contributed by atoms with Crippen LogP contribution >= 0.6 is 11.6 Å². The van der Waals surface area contributed by atoms with Crippen LogP contribution in [-0.4, -0.2) is 16.0 Å². The van der Waals surface area contributed by atoms with Crippen LogP contribution in [0.2, 0.25) is 5.02 Å². The molecule has 0 saturated heterocycles. The van der Waals surface area contributed by atoms with Crippen LogP contribution in [-0.2, 0) is 6.54 Å². The Balaban J connectivity index is 1.81. The van der Waals surface area contributed by atoms with Gasteiger partial charge in [-0.05, 0) is 49.7 Å². The van der Waals surface area contributed by atoms with Gasteiger partial charge < -0.3 is 10.2 Å². The number of benzene rings is 2. The van der Waals surface area contributed by atoms with E-state index in [2.05, 4.69) is 46.2 Å². The predicted octanol–water partition coefficient (Wildman–Crippen LogP) is 5.29. The van der Waals surface area contributed by atoms with Crippen LogP contribution in [0.15, 0.2) is 66.9 Å². The van der Waals surface area contributed by atoms with Gasteiger partial charge in [0.05, 0.1) is 0 Å². The molecule has 0 fully saturated rings. The molecule has 3 rings (SSSR count). The first-order chi connectivity index (χ1) is 12.1. The van der Waals surface area contributed by atoms with Crippen molar-refractivity contribution in [2.45, 2.75) is 26.4 Å². The van der Waals surface area contributed by atoms with Crippen molar-refractivity contribution in [1.29, 1.82) is 0 Å². The summed E-state index contributed by atoms with van der Waals surface area (Å²) in [6.07, 6.45) is 1.78. The average Bonchev–Trinajstić information content (AvgIpc) is 2.62. The molecule has 0 radical (unpaired) electrons. The zero-order valence-electron chi connectivity index (χ0n) is 14.4. The maximum absolute atomic E-state index is 5.93. The standard InChI is InChI=1S/C20H21ClN4/c1-15(2)25(14-16-6-4-3-5-7-16)20-22-13-12-19(24-20)23-18-10-8-17(21)9-11-18/h3-13,15H,14H2,1-2H3,(H,22,23,24). The van der Waals surface area contributed by atoms with Crippen LogP contribution in [0.1, 0.15) is 19.4 Å². The number of hydrogen-bond acceptors (Lipinski definition) is 4. The molecule has 0 unspecified atom stereocenters. The molecule has 0 atom stereocenters. The van der Waals surface area contributed by atoms with E-state index < -0.39 is 0 Å². The molecule has 0 spiro atoms. The first-order valence-electron chi connectivity index (χ1n) is 8.28. The Labute approximate surface area is 153 Å². The molecule has 4 nitrogen and oxygen atoms in total. The largest absolute Gasteiger partial charge is 0.340 e. The zero-order chi connectivity index (χ0) is 17.6. The number of aromatic nitrogens is 2. The minimum absolute atomic E-state index is 0.283. The summed E-state index contributed by atoms with van der Waals surface area (Å²) in [6.45, 7) is 5.06. The van der Waals surface area contributed by atoms with Gasteiger partial charge in [-0.1, -0.05) is 41.9 Å². The van der Waals surface area contributed by atoms with E-state index in [1.807, 2.05) is 48.5 Å². The second-order valence-electron chi connectivity index (χ2n) is 6.08. The highest BCUT2D eigenvalue weighted by atomic mass is 35.5. The number of halogens is 1. The number of rotatable bonds is 6. The Hall–Kier alpha value is -2.59. The molecule has 2 aromatic carbocycles. The van der Waals surface area contributed by atoms with Crippen LogP contribution in [0.25, 0.3) is 0 Å². The SMILES string of the molecule is CC(C)N(Cc1ccccc1)c1nccc(Nc2ccc(Cl)cc2)n1. The summed E-state index contributed by atoms with van der Waals surface area (Å²) in [7, 11) is 0. The Bertz CT molecular complexity index is 803. The van der Waals surface area contributed by atoms with Crippen molar-refractivity contribution < 1.29 is 0 Å². The smallest absolute Gasteiger partial charge is 0.227 e. The van der Waals surface area contributed by atoms with E-state index in [0.29, 0.717) is 11.0 Å². The first-order valence-corrected chi connectivity index (χ1v) is 8.66. The summed E-state index contributed by atoms with van der Waals surface area (Å²) in [5.74, 6) is 1.46. The van der Waals surface area contributed by atoms with Gasteiger partial charge >= 0.3 is 0 Å². The molecule has 1 heterocycles. The lowest BCUT2D eigenvalue weighted by Gasteiger charge is -2.27. The average molecular weight is 353 g/mol. The molecule has 25 heavy (non-hydrogen) atoms. The Morgan fingerprint density at radius 2 is 1.72 bits per heavy atom. The van der Waals surface area contributed by atoms with Crippen molar-refractivity contribution in [1.82, 2.24) is 9.97 Å². The summed E-state index contributed by atoms with van der Waals surface area (Å²) < 4.78 is 0. The van der Waals surface area contributed by atoms with Crippen LogP contribution in [0, 0.1) is 0 Å². The number of hydrogen-bond donors (Lipinski definition) is 1. The minimum atomic E-state index is 0.283. The topological polar surface area (TPSA) is 41.1 Å². The van der Waals surface area contributed by atoms with E-state index >= 15 is 0 Å². The van der Waals surface area contributed by atoms with Crippen LogP contribution in [0.4, 0.5) is 17.5 Å². The van der Waals surface area contributed by atoms with E-state index in [4.69, 9.17) is 11.6 Å². The summed E-state index contributed by atoms with van der Waals surface area (Å²) in [4.78, 5) is 11.3. The van der Waals surface area contributed by atoms with E-state index in [1.54, 1.807) is 6.20 Å². The third-order valence-electron chi connectivity index (χ3n) is 3.84. The van der Waals surface area contributed by atoms with Gasteiger partial charge in [0.15, 0.2) is 0 Å². The molecule has 3 aromatic rings. The van der Waals surface area contributed by atoms with Gasteiger partial charge in [-0.15, -0.1) is 0 Å². The summed E-state index contributed by atoms with van der Waals surface area (Å²) in [5, 5.41) is 4.00. The third kappa shape index (κ3) is 4.70. The normalized spacial score (nSPS) is 10.7. The molecule has 128 valence electrons. The second kappa shape index (κ2) is 7.99. The number of nitrogens with one attached hydrogen (secondary N) is 1. The predicted molar refractivity (Wildman–Crippen MR) is 105 cm³/mol. The molecule has 0 aliphatic heterocycles. The quantitative estimate of drug-likeness (QED) is 0.654. The van der Waals surface area contributed by atoms with Crippen LogP contribution in [0.3, 0.4) is 0 Å². The summed E-state index contributed by atoms with van der Waals surface area (Å²) >= 11 is 5.93. The molecular weight excluding hydrogens is 332 g/mol. The monoisotopic (exact) mass is 352 g/mol. The van der Waals surface area contributed by atoms with Crippen molar-refractivity contribution in [3.05, 3.63) is 77.4 Å². The Kier molecular flexibility index (Phi) is 5.51.